The number of aromatic nitrogens is 1. The Balaban J connectivity index is 2.13. The second kappa shape index (κ2) is 9.94. The number of rotatable bonds is 7. The lowest BCUT2D eigenvalue weighted by Crippen LogP contribution is -2.29. The monoisotopic (exact) mass is 458 g/mol. The van der Waals surface area contributed by atoms with E-state index in [1.807, 2.05) is 26.0 Å². The van der Waals surface area contributed by atoms with Crippen LogP contribution in [0.3, 0.4) is 0 Å². The third-order valence-corrected chi connectivity index (χ3v) is 5.34. The zero-order valence-corrected chi connectivity index (χ0v) is 18.6. The van der Waals surface area contributed by atoms with Gasteiger partial charge in [0, 0.05) is 24.5 Å². The molecule has 5 nitrogen and oxygen atoms in total. The van der Waals surface area contributed by atoms with Crippen molar-refractivity contribution in [2.75, 3.05) is 7.11 Å². The second-order valence-corrected chi connectivity index (χ2v) is 7.98. The third kappa shape index (κ3) is 5.83. The van der Waals surface area contributed by atoms with Crippen molar-refractivity contribution >= 4 is 6.09 Å². The molecular weight excluding hydrogens is 433 g/mol. The normalized spacial score (nSPS) is 11.5. The van der Waals surface area contributed by atoms with Crippen molar-refractivity contribution < 1.29 is 27.8 Å². The highest BCUT2D eigenvalue weighted by atomic mass is 19.4. The number of benzene rings is 2. The molecule has 1 aromatic heterocycles. The van der Waals surface area contributed by atoms with Gasteiger partial charge in [-0.25, -0.2) is 4.79 Å². The molecule has 33 heavy (non-hydrogen) atoms. The van der Waals surface area contributed by atoms with Crippen LogP contribution in [0.4, 0.5) is 18.0 Å². The molecule has 1 amide bonds. The fourth-order valence-electron chi connectivity index (χ4n) is 3.57. The summed E-state index contributed by atoms with van der Waals surface area (Å²) in [7, 11) is 1.49. The lowest BCUT2D eigenvalue weighted by Gasteiger charge is -2.23. The summed E-state index contributed by atoms with van der Waals surface area (Å²) in [5.74, 6) is 0.684. The van der Waals surface area contributed by atoms with Gasteiger partial charge in [-0.15, -0.1) is 0 Å². The topological polar surface area (TPSA) is 62.7 Å². The molecule has 174 valence electrons. The largest absolute Gasteiger partial charge is 0.496 e. The van der Waals surface area contributed by atoms with Gasteiger partial charge in [-0.2, -0.15) is 13.2 Å². The van der Waals surface area contributed by atoms with E-state index in [0.717, 1.165) is 22.6 Å². The average Bonchev–Trinajstić information content (AvgIpc) is 2.78. The first-order valence-electron chi connectivity index (χ1n) is 10.4. The Labute approximate surface area is 190 Å². The predicted octanol–water partition coefficient (Wildman–Crippen LogP) is 6.58. The van der Waals surface area contributed by atoms with Crippen molar-refractivity contribution in [2.24, 2.45) is 0 Å². The number of ether oxygens (including phenoxy) is 1. The van der Waals surface area contributed by atoms with Crippen LogP contribution in [0.2, 0.25) is 0 Å². The van der Waals surface area contributed by atoms with E-state index >= 15 is 0 Å². The second-order valence-electron chi connectivity index (χ2n) is 7.98. The van der Waals surface area contributed by atoms with Crippen LogP contribution in [0, 0.1) is 0 Å². The number of nitrogens with zero attached hydrogens (tertiary/aromatic N) is 2. The summed E-state index contributed by atoms with van der Waals surface area (Å²) in [6.45, 7) is 3.78. The molecule has 2 aromatic carbocycles. The van der Waals surface area contributed by atoms with Gasteiger partial charge in [0.15, 0.2) is 0 Å². The summed E-state index contributed by atoms with van der Waals surface area (Å²) in [5.41, 5.74) is 2.11. The number of carbonyl (C=O) groups is 1. The van der Waals surface area contributed by atoms with E-state index in [1.54, 1.807) is 24.4 Å². The SMILES string of the molecule is COc1ccc(C(C)C)cc1-c1ccc(C(F)(F)F)cc1CN(Cc1cccnc1)C(=O)O. The highest BCUT2D eigenvalue weighted by molar-refractivity contribution is 5.75. The fourth-order valence-corrected chi connectivity index (χ4v) is 3.57. The van der Waals surface area contributed by atoms with Crippen LogP contribution >= 0.6 is 0 Å². The average molecular weight is 458 g/mol. The maximum atomic E-state index is 13.5. The Kier molecular flexibility index (Phi) is 7.26. The molecule has 0 unspecified atom stereocenters. The Morgan fingerprint density at radius 2 is 1.85 bits per heavy atom. The molecule has 8 heteroatoms. The molecule has 0 aliphatic rings. The molecule has 0 radical (unpaired) electrons. The van der Waals surface area contributed by atoms with Crippen LogP contribution in [-0.4, -0.2) is 28.2 Å². The number of methoxy groups -OCH3 is 1. The number of pyridine rings is 1. The number of halogens is 3. The minimum atomic E-state index is -4.56. The van der Waals surface area contributed by atoms with Crippen LogP contribution in [0.15, 0.2) is 60.9 Å². The molecule has 0 aliphatic heterocycles. The molecule has 0 aliphatic carbocycles. The summed E-state index contributed by atoms with van der Waals surface area (Å²) >= 11 is 0. The van der Waals surface area contributed by atoms with E-state index in [0.29, 0.717) is 22.4 Å². The fraction of sp³-hybridized carbons (Fsp3) is 0.280. The molecule has 0 spiro atoms. The molecule has 3 aromatic rings. The van der Waals surface area contributed by atoms with E-state index in [4.69, 9.17) is 4.74 Å². The van der Waals surface area contributed by atoms with Gasteiger partial charge in [-0.05, 0) is 58.5 Å². The molecule has 1 N–H and O–H groups in total. The molecule has 3 rings (SSSR count). The maximum Gasteiger partial charge on any atom is 0.416 e. The first-order valence-corrected chi connectivity index (χ1v) is 10.4. The maximum absolute atomic E-state index is 13.5. The number of hydrogen-bond acceptors (Lipinski definition) is 3. The van der Waals surface area contributed by atoms with Crippen molar-refractivity contribution in [2.45, 2.75) is 39.0 Å². The van der Waals surface area contributed by atoms with Crippen LogP contribution in [-0.2, 0) is 19.3 Å². The quantitative estimate of drug-likeness (QED) is 0.434. The Morgan fingerprint density at radius 3 is 2.42 bits per heavy atom. The summed E-state index contributed by atoms with van der Waals surface area (Å²) in [6, 6.07) is 12.3. The van der Waals surface area contributed by atoms with Crippen LogP contribution in [0.1, 0.15) is 42.0 Å². The molecule has 1 heterocycles. The number of amides is 1. The number of hydrogen-bond donors (Lipinski definition) is 1. The number of alkyl halides is 3. The predicted molar refractivity (Wildman–Crippen MR) is 119 cm³/mol. The first kappa shape index (κ1) is 24.1. The summed E-state index contributed by atoms with van der Waals surface area (Å²) < 4.78 is 46.0. The Hall–Kier alpha value is -3.55. The van der Waals surface area contributed by atoms with Gasteiger partial charge in [-0.1, -0.05) is 32.0 Å². The molecule has 0 atom stereocenters. The minimum absolute atomic E-state index is 0.0119. The molecule has 0 bridgehead atoms. The van der Waals surface area contributed by atoms with E-state index in [1.165, 1.54) is 19.4 Å². The van der Waals surface area contributed by atoms with Crippen LogP contribution < -0.4 is 4.74 Å². The third-order valence-electron chi connectivity index (χ3n) is 5.34. The standard InChI is InChI=1S/C25H25F3N2O3/c1-16(2)18-6-9-23(33-3)22(12-18)21-8-7-20(25(26,27)28)11-19(21)15-30(24(31)32)14-17-5-4-10-29-13-17/h4-13,16H,14-15H2,1-3H3,(H,31,32). The van der Waals surface area contributed by atoms with Gasteiger partial charge in [0.05, 0.1) is 19.2 Å². The van der Waals surface area contributed by atoms with Gasteiger partial charge in [0.1, 0.15) is 5.75 Å². The highest BCUT2D eigenvalue weighted by Crippen LogP contribution is 2.38. The molecule has 0 fully saturated rings. The van der Waals surface area contributed by atoms with Crippen molar-refractivity contribution in [1.82, 2.24) is 9.88 Å². The van der Waals surface area contributed by atoms with Gasteiger partial charge < -0.3 is 9.84 Å². The van der Waals surface area contributed by atoms with E-state index in [9.17, 15) is 23.1 Å². The molecule has 0 saturated heterocycles. The van der Waals surface area contributed by atoms with Crippen LogP contribution in [0.5, 0.6) is 5.75 Å². The highest BCUT2D eigenvalue weighted by Gasteiger charge is 2.32. The van der Waals surface area contributed by atoms with E-state index in [-0.39, 0.29) is 24.6 Å². The summed E-state index contributed by atoms with van der Waals surface area (Å²) in [6.07, 6.45) is -2.72. The summed E-state index contributed by atoms with van der Waals surface area (Å²) in [5, 5.41) is 9.76. The number of carboxylic acid groups (broad SMARTS) is 1. The van der Waals surface area contributed by atoms with Gasteiger partial charge in [0.25, 0.3) is 0 Å². The molecular formula is C25H25F3N2O3. The minimum Gasteiger partial charge on any atom is -0.496 e. The molecule has 0 saturated carbocycles. The van der Waals surface area contributed by atoms with Crippen LogP contribution in [0.25, 0.3) is 11.1 Å². The van der Waals surface area contributed by atoms with Gasteiger partial charge in [0.2, 0.25) is 0 Å². The van der Waals surface area contributed by atoms with Crippen molar-refractivity contribution in [3.05, 3.63) is 83.2 Å². The first-order chi connectivity index (χ1) is 15.6. The lowest BCUT2D eigenvalue weighted by molar-refractivity contribution is -0.137. The Bertz CT molecular complexity index is 1120. The van der Waals surface area contributed by atoms with Gasteiger partial charge >= 0.3 is 12.3 Å². The van der Waals surface area contributed by atoms with E-state index in [2.05, 4.69) is 4.98 Å². The zero-order chi connectivity index (χ0) is 24.2. The summed E-state index contributed by atoms with van der Waals surface area (Å²) in [4.78, 5) is 17.0. The van der Waals surface area contributed by atoms with Crippen molar-refractivity contribution in [3.63, 3.8) is 0 Å². The van der Waals surface area contributed by atoms with Crippen molar-refractivity contribution in [1.29, 1.82) is 0 Å². The zero-order valence-electron chi connectivity index (χ0n) is 18.6. The Morgan fingerprint density at radius 1 is 1.09 bits per heavy atom. The smallest absolute Gasteiger partial charge is 0.416 e. The lowest BCUT2D eigenvalue weighted by atomic mass is 9.92. The van der Waals surface area contributed by atoms with Crippen molar-refractivity contribution in [3.8, 4) is 16.9 Å². The van der Waals surface area contributed by atoms with E-state index < -0.39 is 17.8 Å². The van der Waals surface area contributed by atoms with Gasteiger partial charge in [-0.3, -0.25) is 9.88 Å².